The predicted molar refractivity (Wildman–Crippen MR) is 57.5 cm³/mol. The number of nitrogens with two attached hydrogens (primary N) is 1. The average Bonchev–Trinajstić information content (AvgIpc) is 2.30. The first kappa shape index (κ1) is 9.80. The predicted octanol–water partition coefficient (Wildman–Crippen LogP) is 2.35. The zero-order valence-corrected chi connectivity index (χ0v) is 8.15. The van der Waals surface area contributed by atoms with E-state index in [1.165, 1.54) is 6.07 Å². The number of aromatic nitrogens is 1. The summed E-state index contributed by atoms with van der Waals surface area (Å²) in [6, 6.07) is 8.60. The van der Waals surface area contributed by atoms with Gasteiger partial charge in [0.2, 0.25) is 0 Å². The van der Waals surface area contributed by atoms with Crippen molar-refractivity contribution in [1.82, 2.24) is 4.98 Å². The SMILES string of the molecule is NCc1ccc(-c2ccncc2)c(F)c1. The molecule has 0 aliphatic rings. The van der Waals surface area contributed by atoms with Crippen molar-refractivity contribution in [3.05, 3.63) is 54.1 Å². The van der Waals surface area contributed by atoms with Gasteiger partial charge >= 0.3 is 0 Å². The summed E-state index contributed by atoms with van der Waals surface area (Å²) in [7, 11) is 0. The number of halogens is 1. The monoisotopic (exact) mass is 202 g/mol. The van der Waals surface area contributed by atoms with Gasteiger partial charge in [0, 0.05) is 24.5 Å². The van der Waals surface area contributed by atoms with E-state index in [1.54, 1.807) is 30.6 Å². The second kappa shape index (κ2) is 4.19. The van der Waals surface area contributed by atoms with Gasteiger partial charge in [-0.15, -0.1) is 0 Å². The van der Waals surface area contributed by atoms with Crippen molar-refractivity contribution in [2.45, 2.75) is 6.54 Å². The molecular formula is C12H11FN2. The molecule has 0 aliphatic heterocycles. The quantitative estimate of drug-likeness (QED) is 0.811. The lowest BCUT2D eigenvalue weighted by Crippen LogP contribution is -1.97. The second-order valence-corrected chi connectivity index (χ2v) is 3.25. The van der Waals surface area contributed by atoms with Crippen LogP contribution in [0.25, 0.3) is 11.1 Å². The Morgan fingerprint density at radius 1 is 1.13 bits per heavy atom. The van der Waals surface area contributed by atoms with Gasteiger partial charge in [0.25, 0.3) is 0 Å². The van der Waals surface area contributed by atoms with Gasteiger partial charge < -0.3 is 5.73 Å². The summed E-state index contributed by atoms with van der Waals surface area (Å²) >= 11 is 0. The summed E-state index contributed by atoms with van der Waals surface area (Å²) in [6.45, 7) is 0.355. The van der Waals surface area contributed by atoms with Crippen molar-refractivity contribution in [3.8, 4) is 11.1 Å². The molecule has 1 aromatic carbocycles. The summed E-state index contributed by atoms with van der Waals surface area (Å²) in [6.07, 6.45) is 3.29. The number of hydrogen-bond acceptors (Lipinski definition) is 2. The fraction of sp³-hybridized carbons (Fsp3) is 0.0833. The van der Waals surface area contributed by atoms with Gasteiger partial charge in [-0.2, -0.15) is 0 Å². The van der Waals surface area contributed by atoms with Crippen LogP contribution in [0.3, 0.4) is 0 Å². The van der Waals surface area contributed by atoms with Crippen LogP contribution in [-0.2, 0) is 6.54 Å². The van der Waals surface area contributed by atoms with E-state index in [2.05, 4.69) is 4.98 Å². The third-order valence-electron chi connectivity index (χ3n) is 2.26. The van der Waals surface area contributed by atoms with Crippen LogP contribution >= 0.6 is 0 Å². The van der Waals surface area contributed by atoms with E-state index in [9.17, 15) is 4.39 Å². The standard InChI is InChI=1S/C12H11FN2/c13-12-7-9(8-14)1-2-11(12)10-3-5-15-6-4-10/h1-7H,8,14H2. The lowest BCUT2D eigenvalue weighted by molar-refractivity contribution is 0.629. The average molecular weight is 202 g/mol. The maximum Gasteiger partial charge on any atom is 0.131 e. The van der Waals surface area contributed by atoms with E-state index in [0.717, 1.165) is 11.1 Å². The molecule has 0 radical (unpaired) electrons. The molecule has 0 spiro atoms. The summed E-state index contributed by atoms with van der Waals surface area (Å²) < 4.78 is 13.6. The highest BCUT2D eigenvalue weighted by molar-refractivity contribution is 5.63. The summed E-state index contributed by atoms with van der Waals surface area (Å²) in [5, 5.41) is 0. The highest BCUT2D eigenvalue weighted by Crippen LogP contribution is 2.22. The molecule has 15 heavy (non-hydrogen) atoms. The Hall–Kier alpha value is -1.74. The molecule has 0 atom stereocenters. The Labute approximate surface area is 87.6 Å². The van der Waals surface area contributed by atoms with Gasteiger partial charge in [0.1, 0.15) is 5.82 Å². The number of nitrogens with zero attached hydrogens (tertiary/aromatic N) is 1. The molecule has 0 saturated heterocycles. The smallest absolute Gasteiger partial charge is 0.131 e. The van der Waals surface area contributed by atoms with E-state index in [-0.39, 0.29) is 5.82 Å². The van der Waals surface area contributed by atoms with E-state index in [1.807, 2.05) is 6.07 Å². The number of hydrogen-bond donors (Lipinski definition) is 1. The van der Waals surface area contributed by atoms with E-state index in [0.29, 0.717) is 12.1 Å². The van der Waals surface area contributed by atoms with Crippen molar-refractivity contribution >= 4 is 0 Å². The van der Waals surface area contributed by atoms with Crippen LogP contribution in [0.1, 0.15) is 5.56 Å². The van der Waals surface area contributed by atoms with Crippen LogP contribution in [0.15, 0.2) is 42.7 Å². The summed E-state index contributed by atoms with van der Waals surface area (Å²) in [5.74, 6) is -0.246. The first-order chi connectivity index (χ1) is 7.31. The Morgan fingerprint density at radius 2 is 1.87 bits per heavy atom. The minimum atomic E-state index is -0.246. The maximum absolute atomic E-state index is 13.6. The Kier molecular flexibility index (Phi) is 2.74. The fourth-order valence-corrected chi connectivity index (χ4v) is 1.45. The summed E-state index contributed by atoms with van der Waals surface area (Å²) in [5.41, 5.74) is 7.63. The van der Waals surface area contributed by atoms with E-state index >= 15 is 0 Å². The minimum absolute atomic E-state index is 0.246. The van der Waals surface area contributed by atoms with Crippen molar-refractivity contribution < 1.29 is 4.39 Å². The van der Waals surface area contributed by atoms with Gasteiger partial charge in [-0.05, 0) is 29.3 Å². The van der Waals surface area contributed by atoms with Crippen molar-refractivity contribution in [2.75, 3.05) is 0 Å². The van der Waals surface area contributed by atoms with Crippen LogP contribution in [0.5, 0.6) is 0 Å². The third-order valence-corrected chi connectivity index (χ3v) is 2.26. The first-order valence-electron chi connectivity index (χ1n) is 4.70. The van der Waals surface area contributed by atoms with Crippen LogP contribution < -0.4 is 5.73 Å². The highest BCUT2D eigenvalue weighted by atomic mass is 19.1. The minimum Gasteiger partial charge on any atom is -0.326 e. The lowest BCUT2D eigenvalue weighted by Gasteiger charge is -2.04. The molecule has 0 saturated carbocycles. The van der Waals surface area contributed by atoms with Gasteiger partial charge in [0.15, 0.2) is 0 Å². The molecule has 2 aromatic rings. The van der Waals surface area contributed by atoms with Crippen molar-refractivity contribution in [1.29, 1.82) is 0 Å². The number of benzene rings is 1. The molecular weight excluding hydrogens is 191 g/mol. The maximum atomic E-state index is 13.6. The van der Waals surface area contributed by atoms with Gasteiger partial charge in [0.05, 0.1) is 0 Å². The molecule has 3 heteroatoms. The van der Waals surface area contributed by atoms with E-state index < -0.39 is 0 Å². The van der Waals surface area contributed by atoms with Gasteiger partial charge in [-0.25, -0.2) is 4.39 Å². The zero-order chi connectivity index (χ0) is 10.7. The molecule has 76 valence electrons. The van der Waals surface area contributed by atoms with E-state index in [4.69, 9.17) is 5.73 Å². The van der Waals surface area contributed by atoms with Crippen LogP contribution in [0, 0.1) is 5.82 Å². The Morgan fingerprint density at radius 3 is 2.47 bits per heavy atom. The van der Waals surface area contributed by atoms with Crippen LogP contribution in [-0.4, -0.2) is 4.98 Å². The fourth-order valence-electron chi connectivity index (χ4n) is 1.45. The molecule has 0 aliphatic carbocycles. The second-order valence-electron chi connectivity index (χ2n) is 3.25. The highest BCUT2D eigenvalue weighted by Gasteiger charge is 2.04. The van der Waals surface area contributed by atoms with Gasteiger partial charge in [-0.1, -0.05) is 12.1 Å². The molecule has 2 rings (SSSR count). The Balaban J connectivity index is 2.46. The normalized spacial score (nSPS) is 10.3. The largest absolute Gasteiger partial charge is 0.326 e. The lowest BCUT2D eigenvalue weighted by atomic mass is 10.0. The number of rotatable bonds is 2. The van der Waals surface area contributed by atoms with Gasteiger partial charge in [-0.3, -0.25) is 4.98 Å². The van der Waals surface area contributed by atoms with Crippen molar-refractivity contribution in [2.24, 2.45) is 5.73 Å². The first-order valence-corrected chi connectivity index (χ1v) is 4.70. The van der Waals surface area contributed by atoms with Crippen LogP contribution in [0.2, 0.25) is 0 Å². The molecule has 1 aromatic heterocycles. The topological polar surface area (TPSA) is 38.9 Å². The molecule has 0 unspecified atom stereocenters. The molecule has 1 heterocycles. The molecule has 0 bridgehead atoms. The van der Waals surface area contributed by atoms with Crippen molar-refractivity contribution in [3.63, 3.8) is 0 Å². The third kappa shape index (κ3) is 2.02. The molecule has 2 nitrogen and oxygen atoms in total. The Bertz CT molecular complexity index is 454. The number of pyridine rings is 1. The van der Waals surface area contributed by atoms with Crippen LogP contribution in [0.4, 0.5) is 4.39 Å². The molecule has 2 N–H and O–H groups in total. The summed E-state index contributed by atoms with van der Waals surface area (Å²) in [4.78, 5) is 3.89. The zero-order valence-electron chi connectivity index (χ0n) is 8.15. The molecule has 0 fully saturated rings. The molecule has 0 amide bonds.